The molecule has 0 N–H and O–H groups in total. The maximum absolute atomic E-state index is 2.47. The second-order valence-corrected chi connectivity index (χ2v) is 26.1. The summed E-state index contributed by atoms with van der Waals surface area (Å²) in [6.45, 7) is 19.1. The Kier molecular flexibility index (Phi) is 10.8. The van der Waals surface area contributed by atoms with E-state index in [1.807, 2.05) is 0 Å². The number of hydrogen-bond donors (Lipinski definition) is 0. The molecule has 0 saturated carbocycles. The molecule has 0 unspecified atom stereocenters. The van der Waals surface area contributed by atoms with Crippen LogP contribution < -0.4 is 9.80 Å². The molecule has 12 aromatic rings. The van der Waals surface area contributed by atoms with Crippen LogP contribution in [0.1, 0.15) is 99.9 Å². The van der Waals surface area contributed by atoms with Crippen molar-refractivity contribution < 1.29 is 0 Å². The van der Waals surface area contributed by atoms with E-state index in [1.54, 1.807) is 0 Å². The van der Waals surface area contributed by atoms with Crippen molar-refractivity contribution in [2.45, 2.75) is 77.0 Å². The standard InChI is InChI=1S/C82H66N2/c1-79(2)69-25-17-15-23-61(69)63-39-31-53(47-73(63)79)51-27-33-57(34-28-51)83(55-19-11-9-12-20-55)59-37-41-67-75(49-59)81(5,6)71-45-43-66-65(77(67)71)44-46-72-78(66)68-42-38-60(50-76(68)82(72,7)8)84(56-21-13-10-14-22-56)58-35-29-52(30-36-58)54-32-40-64-62-24-16-18-26-70(62)80(3,4)74(64)48-54/h9-50H,1-8H3. The molecule has 404 valence electrons. The van der Waals surface area contributed by atoms with Crippen molar-refractivity contribution in [3.8, 4) is 66.8 Å². The average molecular weight is 1080 g/mol. The lowest BCUT2D eigenvalue weighted by Gasteiger charge is -2.28. The molecule has 84 heavy (non-hydrogen) atoms. The van der Waals surface area contributed by atoms with Gasteiger partial charge in [-0.2, -0.15) is 0 Å². The summed E-state index contributed by atoms with van der Waals surface area (Å²) in [6.07, 6.45) is 0. The zero-order chi connectivity index (χ0) is 57.0. The third kappa shape index (κ3) is 7.22. The Hall–Kier alpha value is -9.50. The molecule has 0 heterocycles. The van der Waals surface area contributed by atoms with Gasteiger partial charge in [0.25, 0.3) is 0 Å². The summed E-state index contributed by atoms with van der Waals surface area (Å²) in [5, 5.41) is 2.63. The van der Waals surface area contributed by atoms with Gasteiger partial charge in [0, 0.05) is 55.8 Å². The van der Waals surface area contributed by atoms with Crippen LogP contribution in [0.4, 0.5) is 34.1 Å². The van der Waals surface area contributed by atoms with Gasteiger partial charge in [-0.3, -0.25) is 0 Å². The Morgan fingerprint density at radius 2 is 0.500 bits per heavy atom. The van der Waals surface area contributed by atoms with Crippen LogP contribution in [0.15, 0.2) is 255 Å². The molecular formula is C82H66N2. The molecule has 0 radical (unpaired) electrons. The van der Waals surface area contributed by atoms with Gasteiger partial charge < -0.3 is 9.80 Å². The van der Waals surface area contributed by atoms with Crippen molar-refractivity contribution in [3.63, 3.8) is 0 Å². The molecule has 0 fully saturated rings. The van der Waals surface area contributed by atoms with E-state index in [2.05, 4.69) is 320 Å². The molecule has 0 atom stereocenters. The minimum absolute atomic E-state index is 0.0498. The van der Waals surface area contributed by atoms with Crippen molar-refractivity contribution in [1.82, 2.24) is 0 Å². The Bertz CT molecular complexity index is 4390. The molecule has 0 saturated heterocycles. The molecule has 0 amide bonds. The van der Waals surface area contributed by atoms with E-state index >= 15 is 0 Å². The maximum Gasteiger partial charge on any atom is 0.0465 e. The SMILES string of the molecule is CC1(C)c2ccccc2-c2ccc(-c3ccc(N(c4ccccc4)c4ccc5c(c4)C(C)(C)c4ccc6c7c(ccc6c4-5)C(C)(C)c4cc(N(c5ccccc5)c5ccc(-c6ccc8c(c6)C(C)(C)c6ccccc6-8)cc5)ccc4-7)cc3)cc21. The lowest BCUT2D eigenvalue weighted by atomic mass is 9.80. The van der Waals surface area contributed by atoms with Gasteiger partial charge in [-0.1, -0.05) is 225 Å². The summed E-state index contributed by atoms with van der Waals surface area (Å²) in [7, 11) is 0. The molecule has 2 nitrogen and oxygen atoms in total. The van der Waals surface area contributed by atoms with Gasteiger partial charge >= 0.3 is 0 Å². The first-order valence-corrected chi connectivity index (χ1v) is 30.0. The Labute approximate surface area is 495 Å². The molecule has 4 aliphatic carbocycles. The van der Waals surface area contributed by atoms with E-state index in [1.165, 1.54) is 122 Å². The lowest BCUT2D eigenvalue weighted by Crippen LogP contribution is -2.17. The Morgan fingerprint density at radius 1 is 0.202 bits per heavy atom. The third-order valence-electron chi connectivity index (χ3n) is 20.1. The predicted octanol–water partition coefficient (Wildman–Crippen LogP) is 22.3. The molecule has 0 bridgehead atoms. The number of benzene rings is 12. The van der Waals surface area contributed by atoms with Crippen LogP contribution in [-0.2, 0) is 21.7 Å². The number of para-hydroxylation sites is 2. The van der Waals surface area contributed by atoms with Crippen molar-refractivity contribution in [3.05, 3.63) is 299 Å². The number of rotatable bonds is 8. The second kappa shape index (κ2) is 18.0. The molecule has 2 heteroatoms. The van der Waals surface area contributed by atoms with E-state index in [0.717, 1.165) is 34.1 Å². The van der Waals surface area contributed by atoms with E-state index in [9.17, 15) is 0 Å². The van der Waals surface area contributed by atoms with Gasteiger partial charge in [-0.05, 0) is 207 Å². The van der Waals surface area contributed by atoms with Crippen LogP contribution in [-0.4, -0.2) is 0 Å². The van der Waals surface area contributed by atoms with Gasteiger partial charge in [-0.25, -0.2) is 0 Å². The quantitative estimate of drug-likeness (QED) is 0.150. The minimum Gasteiger partial charge on any atom is -0.310 e. The molecule has 16 rings (SSSR count). The normalized spacial score (nSPS) is 15.3. The van der Waals surface area contributed by atoms with Gasteiger partial charge in [0.05, 0.1) is 0 Å². The Balaban J connectivity index is 0.742. The first-order chi connectivity index (χ1) is 40.7. The van der Waals surface area contributed by atoms with Crippen molar-refractivity contribution in [2.24, 2.45) is 0 Å². The summed E-state index contributed by atoms with van der Waals surface area (Å²) >= 11 is 0. The van der Waals surface area contributed by atoms with Gasteiger partial charge in [0.15, 0.2) is 0 Å². The van der Waals surface area contributed by atoms with Crippen molar-refractivity contribution in [1.29, 1.82) is 0 Å². The van der Waals surface area contributed by atoms with Gasteiger partial charge in [0.1, 0.15) is 0 Å². The first-order valence-electron chi connectivity index (χ1n) is 30.0. The molecule has 12 aromatic carbocycles. The van der Waals surface area contributed by atoms with Crippen LogP contribution >= 0.6 is 0 Å². The minimum atomic E-state index is -0.225. The molecule has 0 aromatic heterocycles. The van der Waals surface area contributed by atoms with Crippen molar-refractivity contribution in [2.75, 3.05) is 9.80 Å². The fourth-order valence-corrected chi connectivity index (χ4v) is 15.6. The summed E-state index contributed by atoms with van der Waals surface area (Å²) in [5.74, 6) is 0. The number of nitrogens with zero attached hydrogens (tertiary/aromatic N) is 2. The van der Waals surface area contributed by atoms with E-state index in [-0.39, 0.29) is 21.7 Å². The maximum atomic E-state index is 2.47. The zero-order valence-corrected chi connectivity index (χ0v) is 49.1. The van der Waals surface area contributed by atoms with Crippen LogP contribution in [0.5, 0.6) is 0 Å². The molecular weight excluding hydrogens is 1010 g/mol. The summed E-state index contributed by atoms with van der Waals surface area (Å²) in [6, 6.07) is 96.1. The van der Waals surface area contributed by atoms with Crippen molar-refractivity contribution >= 4 is 44.9 Å². The monoisotopic (exact) mass is 1080 g/mol. The van der Waals surface area contributed by atoms with Gasteiger partial charge in [0.2, 0.25) is 0 Å². The van der Waals surface area contributed by atoms with Crippen LogP contribution in [0.2, 0.25) is 0 Å². The number of hydrogen-bond acceptors (Lipinski definition) is 2. The topological polar surface area (TPSA) is 6.48 Å². The smallest absolute Gasteiger partial charge is 0.0465 e. The zero-order valence-electron chi connectivity index (χ0n) is 49.1. The summed E-state index contributed by atoms with van der Waals surface area (Å²) in [5.41, 5.74) is 33.0. The highest BCUT2D eigenvalue weighted by molar-refractivity contribution is 6.11. The number of fused-ring (bicyclic) bond motifs is 15. The highest BCUT2D eigenvalue weighted by atomic mass is 15.1. The lowest BCUT2D eigenvalue weighted by molar-refractivity contribution is 0.660. The van der Waals surface area contributed by atoms with Crippen LogP contribution in [0, 0.1) is 0 Å². The Morgan fingerprint density at radius 3 is 0.905 bits per heavy atom. The molecule has 4 aliphatic rings. The fourth-order valence-electron chi connectivity index (χ4n) is 15.6. The number of anilines is 6. The third-order valence-corrected chi connectivity index (χ3v) is 20.1. The van der Waals surface area contributed by atoms with Crippen LogP contribution in [0.3, 0.4) is 0 Å². The molecule has 0 spiro atoms. The average Bonchev–Trinajstić information content (AvgIpc) is 1.66. The van der Waals surface area contributed by atoms with E-state index < -0.39 is 0 Å². The summed E-state index contributed by atoms with van der Waals surface area (Å²) in [4.78, 5) is 4.85. The highest BCUT2D eigenvalue weighted by Gasteiger charge is 2.42. The van der Waals surface area contributed by atoms with E-state index in [0.29, 0.717) is 0 Å². The molecule has 0 aliphatic heterocycles. The van der Waals surface area contributed by atoms with Crippen LogP contribution in [0.25, 0.3) is 77.5 Å². The van der Waals surface area contributed by atoms with E-state index in [4.69, 9.17) is 0 Å². The highest BCUT2D eigenvalue weighted by Crippen LogP contribution is 2.59. The predicted molar refractivity (Wildman–Crippen MR) is 354 cm³/mol. The first kappa shape index (κ1) is 50.2. The second-order valence-electron chi connectivity index (χ2n) is 26.1. The largest absolute Gasteiger partial charge is 0.310 e. The fraction of sp³-hybridized carbons (Fsp3) is 0.146. The van der Waals surface area contributed by atoms with Gasteiger partial charge in [-0.15, -0.1) is 0 Å². The summed E-state index contributed by atoms with van der Waals surface area (Å²) < 4.78 is 0.